The normalized spacial score (nSPS) is 28.4. The van der Waals surface area contributed by atoms with Gasteiger partial charge in [-0.15, -0.1) is 0 Å². The molecule has 2 aliphatic rings. The lowest BCUT2D eigenvalue weighted by Gasteiger charge is -2.25. The van der Waals surface area contributed by atoms with E-state index in [4.69, 9.17) is 9.47 Å². The number of ether oxygens (including phenoxy) is 2. The minimum atomic E-state index is -0.397. The largest absolute Gasteiger partial charge is 0.464 e. The van der Waals surface area contributed by atoms with E-state index in [9.17, 15) is 9.59 Å². The summed E-state index contributed by atoms with van der Waals surface area (Å²) >= 11 is 0. The monoisotopic (exact) mass is 241 g/mol. The van der Waals surface area contributed by atoms with E-state index >= 15 is 0 Å². The molecular weight excluding hydrogens is 222 g/mol. The molecule has 1 unspecified atom stereocenters. The quantitative estimate of drug-likeness (QED) is 0.683. The fourth-order valence-electron chi connectivity index (χ4n) is 2.47. The first-order valence-corrected chi connectivity index (χ1v) is 6.32. The Morgan fingerprint density at radius 3 is 2.82 bits per heavy atom. The van der Waals surface area contributed by atoms with E-state index < -0.39 is 6.04 Å². The van der Waals surface area contributed by atoms with E-state index in [-0.39, 0.29) is 18.0 Å². The maximum atomic E-state index is 12.2. The molecule has 2 rings (SSSR count). The van der Waals surface area contributed by atoms with Crippen molar-refractivity contribution in [2.45, 2.75) is 44.8 Å². The lowest BCUT2D eigenvalue weighted by atomic mass is 10.2. The van der Waals surface area contributed by atoms with Crippen LogP contribution in [0, 0.1) is 0 Å². The number of rotatable bonds is 3. The summed E-state index contributed by atoms with van der Waals surface area (Å²) in [5.74, 6) is -0.325. The predicted molar refractivity (Wildman–Crippen MR) is 60.3 cm³/mol. The molecule has 0 spiro atoms. The highest BCUT2D eigenvalue weighted by atomic mass is 16.5. The van der Waals surface area contributed by atoms with Crippen molar-refractivity contribution in [2.75, 3.05) is 19.8 Å². The highest BCUT2D eigenvalue weighted by Crippen LogP contribution is 2.23. The molecule has 2 heterocycles. The van der Waals surface area contributed by atoms with Gasteiger partial charge in [0.1, 0.15) is 12.1 Å². The number of esters is 1. The molecule has 2 aliphatic heterocycles. The van der Waals surface area contributed by atoms with Crippen molar-refractivity contribution in [3.05, 3.63) is 0 Å². The summed E-state index contributed by atoms with van der Waals surface area (Å²) in [4.78, 5) is 25.5. The predicted octanol–water partition coefficient (Wildman–Crippen LogP) is 0.719. The van der Waals surface area contributed by atoms with Crippen LogP contribution in [0.5, 0.6) is 0 Å². The summed E-state index contributed by atoms with van der Waals surface area (Å²) in [6.45, 7) is 3.42. The first-order chi connectivity index (χ1) is 8.24. The van der Waals surface area contributed by atoms with Gasteiger partial charge in [-0.1, -0.05) is 0 Å². The Balaban J connectivity index is 1.98. The van der Waals surface area contributed by atoms with Crippen molar-refractivity contribution in [3.8, 4) is 0 Å². The molecule has 0 bridgehead atoms. The average Bonchev–Trinajstić information content (AvgIpc) is 3.00. The second kappa shape index (κ2) is 5.49. The molecule has 0 aromatic heterocycles. The van der Waals surface area contributed by atoms with Gasteiger partial charge in [-0.3, -0.25) is 4.79 Å². The summed E-state index contributed by atoms with van der Waals surface area (Å²) in [6, 6.07) is -0.397. The van der Waals surface area contributed by atoms with Crippen molar-refractivity contribution < 1.29 is 19.1 Å². The van der Waals surface area contributed by atoms with Crippen molar-refractivity contribution in [1.82, 2.24) is 4.90 Å². The molecule has 0 aliphatic carbocycles. The molecule has 2 saturated heterocycles. The fraction of sp³-hybridized carbons (Fsp3) is 0.833. The molecule has 5 nitrogen and oxygen atoms in total. The van der Waals surface area contributed by atoms with Crippen molar-refractivity contribution in [3.63, 3.8) is 0 Å². The van der Waals surface area contributed by atoms with Crippen LogP contribution in [0.25, 0.3) is 0 Å². The topological polar surface area (TPSA) is 55.8 Å². The average molecular weight is 241 g/mol. The van der Waals surface area contributed by atoms with Crippen LogP contribution >= 0.6 is 0 Å². The molecule has 17 heavy (non-hydrogen) atoms. The van der Waals surface area contributed by atoms with Crippen LogP contribution in [0.2, 0.25) is 0 Å². The van der Waals surface area contributed by atoms with Gasteiger partial charge in [0.05, 0.1) is 6.61 Å². The smallest absolute Gasteiger partial charge is 0.328 e. The van der Waals surface area contributed by atoms with Gasteiger partial charge < -0.3 is 14.4 Å². The highest BCUT2D eigenvalue weighted by molar-refractivity contribution is 5.87. The zero-order valence-electron chi connectivity index (χ0n) is 10.2. The summed E-state index contributed by atoms with van der Waals surface area (Å²) in [5, 5.41) is 0. The van der Waals surface area contributed by atoms with Gasteiger partial charge in [-0.2, -0.15) is 0 Å². The van der Waals surface area contributed by atoms with Crippen molar-refractivity contribution in [1.29, 1.82) is 0 Å². The standard InChI is InChI=1S/C12H19NO4/c1-2-16-12(15)9-5-3-7-13(9)11(14)10-6-4-8-17-10/h9-10H,2-8H2,1H3/t9?,10-/m1/s1. The maximum Gasteiger partial charge on any atom is 0.328 e. The van der Waals surface area contributed by atoms with Gasteiger partial charge in [0.15, 0.2) is 0 Å². The third kappa shape index (κ3) is 2.60. The minimum Gasteiger partial charge on any atom is -0.464 e. The van der Waals surface area contributed by atoms with E-state index in [2.05, 4.69) is 0 Å². The van der Waals surface area contributed by atoms with Crippen LogP contribution < -0.4 is 0 Å². The van der Waals surface area contributed by atoms with Gasteiger partial charge in [0.2, 0.25) is 0 Å². The molecule has 1 amide bonds. The molecule has 0 aromatic carbocycles. The number of amides is 1. The molecule has 2 atom stereocenters. The minimum absolute atomic E-state index is 0.0435. The van der Waals surface area contributed by atoms with Gasteiger partial charge in [0.25, 0.3) is 5.91 Å². The summed E-state index contributed by atoms with van der Waals surface area (Å²) in [7, 11) is 0. The lowest BCUT2D eigenvalue weighted by molar-refractivity contribution is -0.156. The molecule has 96 valence electrons. The van der Waals surface area contributed by atoms with Gasteiger partial charge in [-0.25, -0.2) is 4.79 Å². The van der Waals surface area contributed by atoms with E-state index in [0.717, 1.165) is 19.3 Å². The SMILES string of the molecule is CCOC(=O)C1CCCN1C(=O)[C@H]1CCCO1. The van der Waals surface area contributed by atoms with Gasteiger partial charge in [-0.05, 0) is 32.6 Å². The second-order valence-electron chi connectivity index (χ2n) is 4.44. The first-order valence-electron chi connectivity index (χ1n) is 6.32. The van der Waals surface area contributed by atoms with E-state index in [1.54, 1.807) is 11.8 Å². The number of hydrogen-bond donors (Lipinski definition) is 0. The number of hydrogen-bond acceptors (Lipinski definition) is 4. The van der Waals surface area contributed by atoms with Crippen LogP contribution in [0.15, 0.2) is 0 Å². The molecule has 5 heteroatoms. The van der Waals surface area contributed by atoms with Crippen molar-refractivity contribution in [2.24, 2.45) is 0 Å². The van der Waals surface area contributed by atoms with Crippen LogP contribution in [-0.4, -0.2) is 48.7 Å². The van der Waals surface area contributed by atoms with Gasteiger partial charge in [0, 0.05) is 13.2 Å². The number of carbonyl (C=O) groups is 2. The Bertz CT molecular complexity index is 299. The number of likely N-dealkylation sites (tertiary alicyclic amines) is 1. The zero-order chi connectivity index (χ0) is 12.3. The summed E-state index contributed by atoms with van der Waals surface area (Å²) in [6.07, 6.45) is 2.92. The molecule has 0 radical (unpaired) electrons. The molecular formula is C12H19NO4. The van der Waals surface area contributed by atoms with Crippen LogP contribution in [0.4, 0.5) is 0 Å². The molecule has 0 aromatic rings. The van der Waals surface area contributed by atoms with E-state index in [0.29, 0.717) is 26.2 Å². The molecule has 0 N–H and O–H groups in total. The Morgan fingerprint density at radius 2 is 2.18 bits per heavy atom. The zero-order valence-corrected chi connectivity index (χ0v) is 10.2. The Labute approximate surface area is 101 Å². The third-order valence-corrected chi connectivity index (χ3v) is 3.30. The Kier molecular flexibility index (Phi) is 3.99. The van der Waals surface area contributed by atoms with Gasteiger partial charge >= 0.3 is 5.97 Å². The van der Waals surface area contributed by atoms with Crippen LogP contribution in [-0.2, 0) is 19.1 Å². The lowest BCUT2D eigenvalue weighted by Crippen LogP contribution is -2.45. The van der Waals surface area contributed by atoms with E-state index in [1.165, 1.54) is 0 Å². The number of carbonyl (C=O) groups excluding carboxylic acids is 2. The summed E-state index contributed by atoms with van der Waals surface area (Å²) < 4.78 is 10.4. The third-order valence-electron chi connectivity index (χ3n) is 3.30. The maximum absolute atomic E-state index is 12.2. The molecule has 0 saturated carbocycles. The Hall–Kier alpha value is -1.10. The number of nitrogens with zero attached hydrogens (tertiary/aromatic N) is 1. The fourth-order valence-corrected chi connectivity index (χ4v) is 2.47. The highest BCUT2D eigenvalue weighted by Gasteiger charge is 2.39. The molecule has 2 fully saturated rings. The van der Waals surface area contributed by atoms with E-state index in [1.807, 2.05) is 0 Å². The Morgan fingerprint density at radius 1 is 1.35 bits per heavy atom. The van der Waals surface area contributed by atoms with Crippen molar-refractivity contribution >= 4 is 11.9 Å². The van der Waals surface area contributed by atoms with Crippen LogP contribution in [0.3, 0.4) is 0 Å². The summed E-state index contributed by atoms with van der Waals surface area (Å²) in [5.41, 5.74) is 0. The van der Waals surface area contributed by atoms with Crippen LogP contribution in [0.1, 0.15) is 32.6 Å². The first kappa shape index (κ1) is 12.4. The second-order valence-corrected chi connectivity index (χ2v) is 4.44.